The highest BCUT2D eigenvalue weighted by Gasteiger charge is 2.35. The Bertz CT molecular complexity index is 1320. The van der Waals surface area contributed by atoms with Crippen LogP contribution in [0.5, 0.6) is 11.5 Å². The van der Waals surface area contributed by atoms with Crippen LogP contribution in [0.2, 0.25) is 5.02 Å². The van der Waals surface area contributed by atoms with Crippen LogP contribution in [0.25, 0.3) is 6.08 Å². The summed E-state index contributed by atoms with van der Waals surface area (Å²) in [5, 5.41) is 10.5. The van der Waals surface area contributed by atoms with Gasteiger partial charge in [0.2, 0.25) is 5.91 Å². The maximum absolute atomic E-state index is 13.0. The van der Waals surface area contributed by atoms with Crippen LogP contribution in [-0.4, -0.2) is 30.0 Å². The zero-order valence-corrected chi connectivity index (χ0v) is 18.9. The molecule has 3 aromatic carbocycles. The summed E-state index contributed by atoms with van der Waals surface area (Å²) in [6.45, 7) is 0.108. The number of anilines is 1. The van der Waals surface area contributed by atoms with Gasteiger partial charge in [-0.15, -0.1) is 0 Å². The summed E-state index contributed by atoms with van der Waals surface area (Å²) in [7, 11) is 1.24. The average Bonchev–Trinajstić information content (AvgIpc) is 3.10. The molecule has 4 rings (SSSR count). The molecule has 0 radical (unpaired) electrons. The molecule has 0 aliphatic carbocycles. The van der Waals surface area contributed by atoms with Gasteiger partial charge in [-0.1, -0.05) is 41.9 Å². The van der Waals surface area contributed by atoms with Crippen LogP contribution >= 0.6 is 11.6 Å². The third-order valence-corrected chi connectivity index (χ3v) is 5.48. The summed E-state index contributed by atoms with van der Waals surface area (Å²) in [5.74, 6) is -1.10. The first-order valence-corrected chi connectivity index (χ1v) is 10.7. The van der Waals surface area contributed by atoms with Crippen molar-refractivity contribution in [3.8, 4) is 11.5 Å². The number of nitrogens with zero attached hydrogens (tertiary/aromatic N) is 1. The summed E-state index contributed by atoms with van der Waals surface area (Å²) >= 11 is 6.01. The number of phenols is 1. The van der Waals surface area contributed by atoms with E-state index in [4.69, 9.17) is 16.3 Å². The quantitative estimate of drug-likeness (QED) is 0.312. The molecule has 1 heterocycles. The predicted octanol–water partition coefficient (Wildman–Crippen LogP) is 4.76. The number of imide groups is 1. The Balaban J connectivity index is 1.54. The molecule has 172 valence electrons. The average molecular weight is 478 g/mol. The van der Waals surface area contributed by atoms with Gasteiger partial charge in [0.05, 0.1) is 19.2 Å². The van der Waals surface area contributed by atoms with E-state index in [1.807, 2.05) is 0 Å². The van der Waals surface area contributed by atoms with E-state index in [1.54, 1.807) is 60.7 Å². The number of aromatic hydroxyl groups is 1. The van der Waals surface area contributed by atoms with E-state index in [1.165, 1.54) is 19.2 Å². The number of phenolic OH excluding ortho intramolecular Hbond substituents is 1. The van der Waals surface area contributed by atoms with Crippen molar-refractivity contribution in [2.75, 3.05) is 12.0 Å². The lowest BCUT2D eigenvalue weighted by atomic mass is 10.1. The lowest BCUT2D eigenvalue weighted by molar-refractivity contribution is -0.120. The van der Waals surface area contributed by atoms with Crippen molar-refractivity contribution in [1.82, 2.24) is 0 Å². The van der Waals surface area contributed by atoms with Crippen LogP contribution in [0, 0.1) is 0 Å². The number of amides is 2. The van der Waals surface area contributed by atoms with Crippen molar-refractivity contribution in [3.63, 3.8) is 0 Å². The van der Waals surface area contributed by atoms with E-state index in [-0.39, 0.29) is 30.2 Å². The molecule has 8 heteroatoms. The number of halogens is 1. The van der Waals surface area contributed by atoms with Crippen LogP contribution < -0.4 is 9.64 Å². The first kappa shape index (κ1) is 23.1. The molecule has 0 unspecified atom stereocenters. The third kappa shape index (κ3) is 4.79. The highest BCUT2D eigenvalue weighted by molar-refractivity contribution is 6.32. The number of hydrogen-bond donors (Lipinski definition) is 1. The number of methoxy groups -OCH3 is 1. The Kier molecular flexibility index (Phi) is 6.65. The van der Waals surface area contributed by atoms with Crippen LogP contribution in [0.1, 0.15) is 27.9 Å². The zero-order valence-electron chi connectivity index (χ0n) is 18.2. The monoisotopic (exact) mass is 477 g/mol. The van der Waals surface area contributed by atoms with Gasteiger partial charge in [0.1, 0.15) is 23.7 Å². The van der Waals surface area contributed by atoms with E-state index in [0.29, 0.717) is 33.2 Å². The molecule has 1 aliphatic heterocycles. The predicted molar refractivity (Wildman–Crippen MR) is 127 cm³/mol. The Morgan fingerprint density at radius 1 is 1.09 bits per heavy atom. The molecule has 3 aromatic rings. The highest BCUT2D eigenvalue weighted by atomic mass is 35.5. The van der Waals surface area contributed by atoms with Crippen molar-refractivity contribution in [2.24, 2.45) is 0 Å². The highest BCUT2D eigenvalue weighted by Crippen LogP contribution is 2.31. The molecule has 0 aromatic heterocycles. The maximum Gasteiger partial charge on any atom is 0.341 e. The largest absolute Gasteiger partial charge is 0.507 e. The normalized spacial score (nSPS) is 14.5. The standard InChI is InChI=1S/C26H20ClNO6/c1-33-26(32)21-10-9-16(11-22(21)29)15-34-23-8-3-2-5-17(23)12-18-13-24(30)28(25(18)31)20-7-4-6-19(27)14-20/h2-12,14,29H,13,15H2,1H3/b18-12+. The van der Waals surface area contributed by atoms with Crippen LogP contribution in [0.3, 0.4) is 0 Å². The van der Waals surface area contributed by atoms with E-state index < -0.39 is 11.9 Å². The van der Waals surface area contributed by atoms with Gasteiger partial charge in [-0.25, -0.2) is 9.69 Å². The van der Waals surface area contributed by atoms with E-state index in [9.17, 15) is 19.5 Å². The van der Waals surface area contributed by atoms with E-state index in [2.05, 4.69) is 4.74 Å². The Morgan fingerprint density at radius 2 is 1.88 bits per heavy atom. The van der Waals surface area contributed by atoms with Gasteiger partial charge in [-0.05, 0) is 48.0 Å². The van der Waals surface area contributed by atoms with Gasteiger partial charge in [0.15, 0.2) is 0 Å². The molecular formula is C26H20ClNO6. The van der Waals surface area contributed by atoms with Gasteiger partial charge < -0.3 is 14.6 Å². The van der Waals surface area contributed by atoms with Crippen molar-refractivity contribution in [3.05, 3.63) is 94.0 Å². The fraction of sp³-hybridized carbons (Fsp3) is 0.115. The molecule has 1 saturated heterocycles. The number of carbonyl (C=O) groups is 3. The summed E-state index contributed by atoms with van der Waals surface area (Å²) in [6, 6.07) is 18.2. The van der Waals surface area contributed by atoms with Crippen LogP contribution in [-0.2, 0) is 20.9 Å². The van der Waals surface area contributed by atoms with E-state index >= 15 is 0 Å². The number of hydrogen-bond acceptors (Lipinski definition) is 6. The lowest BCUT2D eigenvalue weighted by Gasteiger charge is -2.13. The summed E-state index contributed by atoms with van der Waals surface area (Å²) in [4.78, 5) is 38.3. The smallest absolute Gasteiger partial charge is 0.341 e. The topological polar surface area (TPSA) is 93.1 Å². The molecule has 1 N–H and O–H groups in total. The molecule has 1 fully saturated rings. The molecular weight excluding hydrogens is 458 g/mol. The van der Waals surface area contributed by atoms with Gasteiger partial charge in [0.25, 0.3) is 5.91 Å². The second-order valence-corrected chi connectivity index (χ2v) is 7.97. The van der Waals surface area contributed by atoms with Gasteiger partial charge in [-0.2, -0.15) is 0 Å². The van der Waals surface area contributed by atoms with Crippen molar-refractivity contribution in [1.29, 1.82) is 0 Å². The van der Waals surface area contributed by atoms with Gasteiger partial charge in [0, 0.05) is 16.2 Å². The molecule has 0 atom stereocenters. The van der Waals surface area contributed by atoms with Crippen molar-refractivity contribution in [2.45, 2.75) is 13.0 Å². The minimum Gasteiger partial charge on any atom is -0.507 e. The molecule has 1 aliphatic rings. The molecule has 0 bridgehead atoms. The first-order chi connectivity index (χ1) is 16.4. The molecule has 7 nitrogen and oxygen atoms in total. The SMILES string of the molecule is COC(=O)c1ccc(COc2ccccc2/C=C2\CC(=O)N(c3cccc(Cl)c3)C2=O)cc1O. The number of ether oxygens (including phenoxy) is 2. The van der Waals surface area contributed by atoms with Crippen LogP contribution in [0.15, 0.2) is 72.3 Å². The minimum absolute atomic E-state index is 0.0391. The number of rotatable bonds is 6. The van der Waals surface area contributed by atoms with Crippen molar-refractivity contribution < 1.29 is 29.0 Å². The number of benzene rings is 3. The fourth-order valence-electron chi connectivity index (χ4n) is 3.59. The summed E-state index contributed by atoms with van der Waals surface area (Å²) in [6.07, 6.45) is 1.60. The Morgan fingerprint density at radius 3 is 2.62 bits per heavy atom. The molecule has 34 heavy (non-hydrogen) atoms. The van der Waals surface area contributed by atoms with Crippen LogP contribution in [0.4, 0.5) is 5.69 Å². The number of esters is 1. The maximum atomic E-state index is 13.0. The number of carbonyl (C=O) groups excluding carboxylic acids is 3. The molecule has 0 spiro atoms. The minimum atomic E-state index is -0.635. The first-order valence-electron chi connectivity index (χ1n) is 10.3. The van der Waals surface area contributed by atoms with Gasteiger partial charge >= 0.3 is 5.97 Å². The fourth-order valence-corrected chi connectivity index (χ4v) is 3.78. The zero-order chi connectivity index (χ0) is 24.2. The van der Waals surface area contributed by atoms with Crippen molar-refractivity contribution >= 4 is 41.1 Å². The van der Waals surface area contributed by atoms with E-state index in [0.717, 1.165) is 4.90 Å². The van der Waals surface area contributed by atoms with Gasteiger partial charge in [-0.3, -0.25) is 9.59 Å². The second-order valence-electron chi connectivity index (χ2n) is 7.53. The summed E-state index contributed by atoms with van der Waals surface area (Å²) in [5.41, 5.74) is 2.07. The third-order valence-electron chi connectivity index (χ3n) is 5.25. The Hall–Kier alpha value is -4.10. The molecule has 2 amide bonds. The Labute approximate surface area is 200 Å². The summed E-state index contributed by atoms with van der Waals surface area (Å²) < 4.78 is 10.5. The second kappa shape index (κ2) is 9.80. The number of para-hydroxylation sites is 1. The molecule has 0 saturated carbocycles. The lowest BCUT2D eigenvalue weighted by Crippen LogP contribution is -2.28.